The molecule has 1 heterocycles. The molecule has 9 heteroatoms. The van der Waals surface area contributed by atoms with Crippen LogP contribution in [0.2, 0.25) is 0 Å². The summed E-state index contributed by atoms with van der Waals surface area (Å²) >= 11 is 0. The second kappa shape index (κ2) is 7.65. The first-order chi connectivity index (χ1) is 12.3. The van der Waals surface area contributed by atoms with Crippen LogP contribution in [0.3, 0.4) is 0 Å². The molecule has 6 nitrogen and oxygen atoms in total. The molecule has 26 heavy (non-hydrogen) atoms. The standard InChI is InChI=1S/C17H12F3N3O3/c1-3-11-7-5-6-8-13(11)23(15(25)17(18,19)20)16-21-9-12(10-22-16)14(24)26-4-2/h1,5-10H,4H2,2H3. The smallest absolute Gasteiger partial charge is 0.462 e. The Hall–Kier alpha value is -3.41. The quantitative estimate of drug-likeness (QED) is 0.617. The van der Waals surface area contributed by atoms with Crippen molar-refractivity contribution in [3.8, 4) is 12.3 Å². The van der Waals surface area contributed by atoms with Gasteiger partial charge in [0.15, 0.2) is 0 Å². The Kier molecular flexibility index (Phi) is 5.57. The van der Waals surface area contributed by atoms with Gasteiger partial charge in [-0.2, -0.15) is 13.2 Å². The number of nitrogens with zero attached hydrogens (tertiary/aromatic N) is 3. The number of carbonyl (C=O) groups is 2. The number of hydrogen-bond acceptors (Lipinski definition) is 5. The largest absolute Gasteiger partial charge is 0.472 e. The first kappa shape index (κ1) is 18.9. The Morgan fingerprint density at radius 3 is 2.38 bits per heavy atom. The summed E-state index contributed by atoms with van der Waals surface area (Å²) in [6.07, 6.45) is 2.05. The third-order valence-corrected chi connectivity index (χ3v) is 3.10. The number of para-hydroxylation sites is 1. The molecule has 0 aliphatic carbocycles. The number of esters is 1. The van der Waals surface area contributed by atoms with Gasteiger partial charge in [-0.15, -0.1) is 6.42 Å². The molecule has 2 rings (SSSR count). The first-order valence-corrected chi connectivity index (χ1v) is 7.25. The molecule has 0 radical (unpaired) electrons. The minimum absolute atomic E-state index is 0.0446. The number of amides is 1. The molecule has 0 saturated carbocycles. The number of ether oxygens (including phenoxy) is 1. The molecule has 0 spiro atoms. The van der Waals surface area contributed by atoms with Gasteiger partial charge in [-0.05, 0) is 19.1 Å². The minimum Gasteiger partial charge on any atom is -0.462 e. The van der Waals surface area contributed by atoms with Gasteiger partial charge < -0.3 is 4.74 Å². The normalized spacial score (nSPS) is 10.7. The van der Waals surface area contributed by atoms with Gasteiger partial charge in [-0.1, -0.05) is 18.1 Å². The van der Waals surface area contributed by atoms with Crippen molar-refractivity contribution in [3.63, 3.8) is 0 Å². The summed E-state index contributed by atoms with van der Waals surface area (Å²) in [5.41, 5.74) is -0.232. The van der Waals surface area contributed by atoms with Crippen LogP contribution < -0.4 is 4.90 Å². The maximum Gasteiger partial charge on any atom is 0.472 e. The van der Waals surface area contributed by atoms with Crippen LogP contribution in [0.1, 0.15) is 22.8 Å². The SMILES string of the molecule is C#Cc1ccccc1N(C(=O)C(F)(F)F)c1ncc(C(=O)OCC)cn1. The van der Waals surface area contributed by atoms with Crippen LogP contribution in [0.15, 0.2) is 36.7 Å². The fourth-order valence-corrected chi connectivity index (χ4v) is 1.98. The van der Waals surface area contributed by atoms with Gasteiger partial charge in [-0.25, -0.2) is 19.7 Å². The molecule has 0 fully saturated rings. The Morgan fingerprint density at radius 2 is 1.85 bits per heavy atom. The van der Waals surface area contributed by atoms with Crippen molar-refractivity contribution in [1.29, 1.82) is 0 Å². The van der Waals surface area contributed by atoms with E-state index in [1.165, 1.54) is 24.3 Å². The monoisotopic (exact) mass is 363 g/mol. The molecular formula is C17H12F3N3O3. The highest BCUT2D eigenvalue weighted by Crippen LogP contribution is 2.31. The molecule has 0 saturated heterocycles. The fourth-order valence-electron chi connectivity index (χ4n) is 1.98. The van der Waals surface area contributed by atoms with Gasteiger partial charge in [-0.3, -0.25) is 4.79 Å². The molecule has 134 valence electrons. The van der Waals surface area contributed by atoms with Crippen LogP contribution in [0.4, 0.5) is 24.8 Å². The third kappa shape index (κ3) is 3.97. The molecular weight excluding hydrogens is 351 g/mol. The second-order valence-corrected chi connectivity index (χ2v) is 4.79. The number of aromatic nitrogens is 2. The lowest BCUT2D eigenvalue weighted by Crippen LogP contribution is -2.39. The molecule has 1 amide bonds. The highest BCUT2D eigenvalue weighted by atomic mass is 19.4. The van der Waals surface area contributed by atoms with Crippen molar-refractivity contribution >= 4 is 23.5 Å². The Morgan fingerprint density at radius 1 is 1.23 bits per heavy atom. The molecule has 0 aliphatic heterocycles. The summed E-state index contributed by atoms with van der Waals surface area (Å²) in [4.78, 5) is 31.2. The van der Waals surface area contributed by atoms with E-state index in [0.29, 0.717) is 0 Å². The lowest BCUT2D eigenvalue weighted by atomic mass is 10.1. The summed E-state index contributed by atoms with van der Waals surface area (Å²) in [5.74, 6) is -1.33. The van der Waals surface area contributed by atoms with Crippen LogP contribution in [0.5, 0.6) is 0 Å². The average molecular weight is 363 g/mol. The maximum absolute atomic E-state index is 13.0. The highest BCUT2D eigenvalue weighted by Gasteiger charge is 2.45. The number of terminal acetylenes is 1. The topological polar surface area (TPSA) is 72.4 Å². The number of rotatable bonds is 4. The summed E-state index contributed by atoms with van der Waals surface area (Å²) in [6.45, 7) is 1.70. The maximum atomic E-state index is 13.0. The number of anilines is 2. The molecule has 1 aromatic heterocycles. The lowest BCUT2D eigenvalue weighted by Gasteiger charge is -2.23. The van der Waals surface area contributed by atoms with Gasteiger partial charge in [0.2, 0.25) is 5.95 Å². The predicted molar refractivity (Wildman–Crippen MR) is 85.6 cm³/mol. The summed E-state index contributed by atoms with van der Waals surface area (Å²) in [5, 5.41) is 0. The second-order valence-electron chi connectivity index (χ2n) is 4.79. The lowest BCUT2D eigenvalue weighted by molar-refractivity contribution is -0.169. The summed E-state index contributed by atoms with van der Waals surface area (Å²) in [6, 6.07) is 5.54. The van der Waals surface area contributed by atoms with Crippen molar-refractivity contribution in [2.75, 3.05) is 11.5 Å². The number of halogens is 3. The molecule has 0 bridgehead atoms. The van der Waals surface area contributed by atoms with Crippen LogP contribution in [-0.4, -0.2) is 34.6 Å². The summed E-state index contributed by atoms with van der Waals surface area (Å²) in [7, 11) is 0. The van der Waals surface area contributed by atoms with Gasteiger partial charge in [0.25, 0.3) is 0 Å². The molecule has 0 N–H and O–H groups in total. The van der Waals surface area contributed by atoms with E-state index in [1.54, 1.807) is 6.92 Å². The number of benzene rings is 1. The molecule has 0 atom stereocenters. The molecule has 1 aromatic carbocycles. The highest BCUT2D eigenvalue weighted by molar-refractivity contribution is 6.03. The van der Waals surface area contributed by atoms with E-state index in [1.807, 2.05) is 0 Å². The van der Waals surface area contributed by atoms with Crippen molar-refractivity contribution in [3.05, 3.63) is 47.8 Å². The Balaban J connectivity index is 2.53. The molecule has 2 aromatic rings. The Labute approximate surface area is 146 Å². The van der Waals surface area contributed by atoms with E-state index < -0.39 is 24.0 Å². The zero-order chi connectivity index (χ0) is 19.3. The number of alkyl halides is 3. The van der Waals surface area contributed by atoms with Crippen LogP contribution in [-0.2, 0) is 9.53 Å². The van der Waals surface area contributed by atoms with Crippen molar-refractivity contribution in [2.24, 2.45) is 0 Å². The van der Waals surface area contributed by atoms with Gasteiger partial charge in [0.05, 0.1) is 17.9 Å². The Bertz CT molecular complexity index is 858. The minimum atomic E-state index is -5.19. The van der Waals surface area contributed by atoms with E-state index in [4.69, 9.17) is 11.2 Å². The molecule has 0 aliphatic rings. The first-order valence-electron chi connectivity index (χ1n) is 7.25. The van der Waals surface area contributed by atoms with Crippen molar-refractivity contribution in [2.45, 2.75) is 13.1 Å². The zero-order valence-corrected chi connectivity index (χ0v) is 13.4. The third-order valence-electron chi connectivity index (χ3n) is 3.10. The predicted octanol–water partition coefficient (Wildman–Crippen LogP) is 2.86. The van der Waals surface area contributed by atoms with Gasteiger partial charge in [0, 0.05) is 18.0 Å². The number of carbonyl (C=O) groups excluding carboxylic acids is 2. The van der Waals surface area contributed by atoms with E-state index in [0.717, 1.165) is 12.4 Å². The van der Waals surface area contributed by atoms with E-state index in [2.05, 4.69) is 15.9 Å². The molecule has 0 unspecified atom stereocenters. The van der Waals surface area contributed by atoms with Gasteiger partial charge >= 0.3 is 18.1 Å². The summed E-state index contributed by atoms with van der Waals surface area (Å²) < 4.78 is 43.9. The number of hydrogen-bond donors (Lipinski definition) is 0. The van der Waals surface area contributed by atoms with E-state index >= 15 is 0 Å². The van der Waals surface area contributed by atoms with Crippen molar-refractivity contribution in [1.82, 2.24) is 9.97 Å². The average Bonchev–Trinajstić information content (AvgIpc) is 2.62. The van der Waals surface area contributed by atoms with E-state index in [9.17, 15) is 22.8 Å². The van der Waals surface area contributed by atoms with Crippen LogP contribution in [0, 0.1) is 12.3 Å². The van der Waals surface area contributed by atoms with Crippen LogP contribution >= 0.6 is 0 Å². The van der Waals surface area contributed by atoms with Gasteiger partial charge in [0.1, 0.15) is 0 Å². The van der Waals surface area contributed by atoms with Crippen molar-refractivity contribution < 1.29 is 27.5 Å². The van der Waals surface area contributed by atoms with E-state index in [-0.39, 0.29) is 28.3 Å². The van der Waals surface area contributed by atoms with Crippen LogP contribution in [0.25, 0.3) is 0 Å². The fraction of sp³-hybridized carbons (Fsp3) is 0.176. The zero-order valence-electron chi connectivity index (χ0n) is 13.4.